The smallest absolute Gasteiger partial charge is 0.123 e. The van der Waals surface area contributed by atoms with Crippen molar-refractivity contribution in [2.75, 3.05) is 6.54 Å². The van der Waals surface area contributed by atoms with Gasteiger partial charge in [-0.25, -0.2) is 4.39 Å². The minimum absolute atomic E-state index is 0.254. The summed E-state index contributed by atoms with van der Waals surface area (Å²) in [4.78, 5) is 0. The summed E-state index contributed by atoms with van der Waals surface area (Å²) in [6, 6.07) is 6.94. The predicted molar refractivity (Wildman–Crippen MR) is 81.7 cm³/mol. The molecule has 0 aliphatic carbocycles. The second-order valence-corrected chi connectivity index (χ2v) is 5.28. The van der Waals surface area contributed by atoms with E-state index >= 15 is 0 Å². The fraction of sp³-hybridized carbons (Fsp3) is 0.375. The Bertz CT molecular complexity index is 565. The van der Waals surface area contributed by atoms with Crippen LogP contribution in [0.2, 0.25) is 5.02 Å². The van der Waals surface area contributed by atoms with Gasteiger partial charge in [0, 0.05) is 30.0 Å². The van der Waals surface area contributed by atoms with E-state index in [4.69, 9.17) is 11.6 Å². The van der Waals surface area contributed by atoms with Crippen molar-refractivity contribution in [3.8, 4) is 0 Å². The molecular formula is C16H20ClFN2. The summed E-state index contributed by atoms with van der Waals surface area (Å²) >= 11 is 6.10. The molecule has 2 nitrogen and oxygen atoms in total. The Kier molecular flexibility index (Phi) is 5.21. The maximum Gasteiger partial charge on any atom is 0.123 e. The van der Waals surface area contributed by atoms with Crippen LogP contribution in [0.3, 0.4) is 0 Å². The van der Waals surface area contributed by atoms with E-state index in [1.54, 1.807) is 6.07 Å². The normalized spacial score (nSPS) is 12.6. The van der Waals surface area contributed by atoms with Gasteiger partial charge in [0.25, 0.3) is 0 Å². The first-order chi connectivity index (χ1) is 9.63. The lowest BCUT2D eigenvalue weighted by atomic mass is 10.1. The molecule has 1 unspecified atom stereocenters. The Morgan fingerprint density at radius 3 is 2.80 bits per heavy atom. The molecule has 1 heterocycles. The van der Waals surface area contributed by atoms with E-state index in [1.165, 1.54) is 17.7 Å². The number of halogens is 2. The van der Waals surface area contributed by atoms with E-state index in [-0.39, 0.29) is 5.82 Å². The largest absolute Gasteiger partial charge is 0.350 e. The van der Waals surface area contributed by atoms with E-state index in [2.05, 4.69) is 31.4 Å². The summed E-state index contributed by atoms with van der Waals surface area (Å²) < 4.78 is 15.3. The molecule has 0 fully saturated rings. The van der Waals surface area contributed by atoms with Crippen LogP contribution < -0.4 is 5.32 Å². The highest BCUT2D eigenvalue weighted by atomic mass is 35.5. The molecule has 1 aromatic carbocycles. The van der Waals surface area contributed by atoms with Crippen molar-refractivity contribution < 1.29 is 4.39 Å². The van der Waals surface area contributed by atoms with Gasteiger partial charge in [-0.05, 0) is 48.4 Å². The topological polar surface area (TPSA) is 17.0 Å². The van der Waals surface area contributed by atoms with Gasteiger partial charge < -0.3 is 9.88 Å². The fourth-order valence-electron chi connectivity index (χ4n) is 2.37. The maximum absolute atomic E-state index is 13.3. The third-order valence-electron chi connectivity index (χ3n) is 3.40. The molecular weight excluding hydrogens is 275 g/mol. The van der Waals surface area contributed by atoms with Crippen molar-refractivity contribution in [3.63, 3.8) is 0 Å². The molecule has 0 saturated heterocycles. The van der Waals surface area contributed by atoms with Crippen LogP contribution >= 0.6 is 11.6 Å². The van der Waals surface area contributed by atoms with E-state index in [0.29, 0.717) is 17.6 Å². The Labute approximate surface area is 124 Å². The average Bonchev–Trinajstić information content (AvgIpc) is 2.88. The molecule has 0 aliphatic heterocycles. The van der Waals surface area contributed by atoms with Crippen molar-refractivity contribution in [1.82, 2.24) is 9.88 Å². The van der Waals surface area contributed by atoms with Crippen LogP contribution in [-0.4, -0.2) is 11.1 Å². The molecule has 0 amide bonds. The summed E-state index contributed by atoms with van der Waals surface area (Å²) in [7, 11) is 0. The molecule has 4 heteroatoms. The summed E-state index contributed by atoms with van der Waals surface area (Å²) in [5.41, 5.74) is 2.05. The summed E-state index contributed by atoms with van der Waals surface area (Å²) in [5, 5.41) is 4.04. The van der Waals surface area contributed by atoms with Crippen LogP contribution in [0.5, 0.6) is 0 Å². The first-order valence-electron chi connectivity index (χ1n) is 6.97. The van der Waals surface area contributed by atoms with Crippen LogP contribution in [0.25, 0.3) is 0 Å². The van der Waals surface area contributed by atoms with Crippen molar-refractivity contribution in [3.05, 3.63) is 58.6 Å². The molecule has 2 aromatic rings. The Morgan fingerprint density at radius 2 is 2.10 bits per heavy atom. The van der Waals surface area contributed by atoms with Gasteiger partial charge in [-0.1, -0.05) is 25.4 Å². The van der Waals surface area contributed by atoms with E-state index in [0.717, 1.165) is 18.5 Å². The van der Waals surface area contributed by atoms with Crippen LogP contribution in [0.4, 0.5) is 4.39 Å². The third-order valence-corrected chi connectivity index (χ3v) is 3.76. The molecule has 1 atom stereocenters. The zero-order valence-electron chi connectivity index (χ0n) is 11.9. The summed E-state index contributed by atoms with van der Waals surface area (Å²) in [5.74, 6) is -0.254. The molecule has 0 spiro atoms. The van der Waals surface area contributed by atoms with Crippen LogP contribution in [-0.2, 0) is 6.54 Å². The molecule has 0 radical (unpaired) electrons. The van der Waals surface area contributed by atoms with E-state index < -0.39 is 0 Å². The monoisotopic (exact) mass is 294 g/mol. The molecule has 0 bridgehead atoms. The second-order valence-electron chi connectivity index (χ2n) is 4.87. The molecule has 2 rings (SSSR count). The first kappa shape index (κ1) is 15.1. The van der Waals surface area contributed by atoms with Crippen molar-refractivity contribution in [2.24, 2.45) is 0 Å². The minimum Gasteiger partial charge on any atom is -0.350 e. The van der Waals surface area contributed by atoms with Gasteiger partial charge >= 0.3 is 0 Å². The van der Waals surface area contributed by atoms with Gasteiger partial charge in [0.05, 0.1) is 0 Å². The standard InChI is InChI=1S/C16H20ClFN2/c1-3-16(19-4-2)12-7-8-20(10-12)11-13-9-14(18)5-6-15(13)17/h5-10,16,19H,3-4,11H2,1-2H3. The van der Waals surface area contributed by atoms with E-state index in [9.17, 15) is 4.39 Å². The lowest BCUT2D eigenvalue weighted by molar-refractivity contribution is 0.536. The average molecular weight is 295 g/mol. The number of benzene rings is 1. The SMILES string of the molecule is CCNC(CC)c1ccn(Cc2cc(F)ccc2Cl)c1. The molecule has 0 aliphatic rings. The predicted octanol–water partition coefficient (Wildman–Crippen LogP) is 4.39. The lowest BCUT2D eigenvalue weighted by Gasteiger charge is -2.14. The van der Waals surface area contributed by atoms with Gasteiger partial charge in [0.1, 0.15) is 5.82 Å². The number of aromatic nitrogens is 1. The summed E-state index contributed by atoms with van der Waals surface area (Å²) in [6.07, 6.45) is 5.15. The van der Waals surface area contributed by atoms with Gasteiger partial charge in [-0.2, -0.15) is 0 Å². The highest BCUT2D eigenvalue weighted by Crippen LogP contribution is 2.21. The highest BCUT2D eigenvalue weighted by molar-refractivity contribution is 6.31. The Morgan fingerprint density at radius 1 is 1.30 bits per heavy atom. The van der Waals surface area contributed by atoms with Gasteiger partial charge in [0.2, 0.25) is 0 Å². The number of hydrogen-bond donors (Lipinski definition) is 1. The fourth-order valence-corrected chi connectivity index (χ4v) is 2.55. The van der Waals surface area contributed by atoms with Gasteiger partial charge in [0.15, 0.2) is 0 Å². The minimum atomic E-state index is -0.254. The van der Waals surface area contributed by atoms with Crippen LogP contribution in [0.1, 0.15) is 37.4 Å². The van der Waals surface area contributed by atoms with Crippen molar-refractivity contribution in [1.29, 1.82) is 0 Å². The number of nitrogens with zero attached hydrogens (tertiary/aromatic N) is 1. The quantitative estimate of drug-likeness (QED) is 0.836. The van der Waals surface area contributed by atoms with Crippen molar-refractivity contribution >= 4 is 11.6 Å². The molecule has 20 heavy (non-hydrogen) atoms. The van der Waals surface area contributed by atoms with Crippen molar-refractivity contribution in [2.45, 2.75) is 32.9 Å². The van der Waals surface area contributed by atoms with Crippen LogP contribution in [0, 0.1) is 5.82 Å². The first-order valence-corrected chi connectivity index (χ1v) is 7.34. The zero-order chi connectivity index (χ0) is 14.5. The van der Waals surface area contributed by atoms with Gasteiger partial charge in [-0.3, -0.25) is 0 Å². The third kappa shape index (κ3) is 3.62. The van der Waals surface area contributed by atoms with Gasteiger partial charge in [-0.15, -0.1) is 0 Å². The maximum atomic E-state index is 13.3. The van der Waals surface area contributed by atoms with E-state index in [1.807, 2.05) is 10.8 Å². The molecule has 0 saturated carbocycles. The number of nitrogens with one attached hydrogen (secondary N) is 1. The second kappa shape index (κ2) is 6.91. The number of rotatable bonds is 6. The number of hydrogen-bond acceptors (Lipinski definition) is 1. The highest BCUT2D eigenvalue weighted by Gasteiger charge is 2.10. The Hall–Kier alpha value is -1.32. The lowest BCUT2D eigenvalue weighted by Crippen LogP contribution is -2.19. The molecule has 1 aromatic heterocycles. The van der Waals surface area contributed by atoms with Crippen LogP contribution in [0.15, 0.2) is 36.7 Å². The molecule has 1 N–H and O–H groups in total. The summed E-state index contributed by atoms with van der Waals surface area (Å²) in [6.45, 7) is 5.79. The Balaban J connectivity index is 2.14. The molecule has 108 valence electrons. The zero-order valence-corrected chi connectivity index (χ0v) is 12.6.